The summed E-state index contributed by atoms with van der Waals surface area (Å²) in [5.41, 5.74) is 0. The third-order valence-corrected chi connectivity index (χ3v) is 3.94. The number of carboxylic acids is 1. The van der Waals surface area contributed by atoms with E-state index < -0.39 is 13.6 Å². The van der Waals surface area contributed by atoms with Crippen LogP contribution in [0.1, 0.15) is 32.1 Å². The minimum absolute atomic E-state index is 0.0740. The van der Waals surface area contributed by atoms with Crippen LogP contribution in [0.4, 0.5) is 0 Å². The minimum Gasteiger partial charge on any atom is -0.480 e. The topological polar surface area (TPSA) is 98.1 Å². The number of carbonyl (C=O) groups is 1. The molecule has 7 heteroatoms. The van der Waals surface area contributed by atoms with Crippen LogP contribution in [0, 0.1) is 0 Å². The zero-order chi connectivity index (χ0) is 12.9. The van der Waals surface area contributed by atoms with Crippen LogP contribution < -0.4 is 0 Å². The number of hydrogen-bond acceptors (Lipinski definition) is 3. The van der Waals surface area contributed by atoms with E-state index in [1.54, 1.807) is 0 Å². The van der Waals surface area contributed by atoms with E-state index >= 15 is 0 Å². The van der Waals surface area contributed by atoms with Gasteiger partial charge in [-0.25, -0.2) is 0 Å². The van der Waals surface area contributed by atoms with Crippen molar-refractivity contribution >= 4 is 13.6 Å². The Kier molecular flexibility index (Phi) is 5.59. The van der Waals surface area contributed by atoms with Gasteiger partial charge in [0.2, 0.25) is 0 Å². The molecule has 1 aliphatic rings. The first-order chi connectivity index (χ1) is 7.90. The molecule has 0 aliphatic carbocycles. The van der Waals surface area contributed by atoms with Crippen LogP contribution >= 0.6 is 7.60 Å². The van der Waals surface area contributed by atoms with E-state index in [2.05, 4.69) is 0 Å². The summed E-state index contributed by atoms with van der Waals surface area (Å²) < 4.78 is 10.6. The van der Waals surface area contributed by atoms with Gasteiger partial charge < -0.3 is 14.9 Å². The molecule has 1 aliphatic heterocycles. The molecule has 1 saturated heterocycles. The van der Waals surface area contributed by atoms with Crippen molar-refractivity contribution in [3.63, 3.8) is 0 Å². The van der Waals surface area contributed by atoms with E-state index in [4.69, 9.17) is 14.9 Å². The van der Waals surface area contributed by atoms with Crippen LogP contribution in [0.25, 0.3) is 0 Å². The molecule has 0 bridgehead atoms. The first-order valence-corrected chi connectivity index (χ1v) is 7.71. The minimum atomic E-state index is -3.87. The van der Waals surface area contributed by atoms with Gasteiger partial charge in [0, 0.05) is 6.16 Å². The van der Waals surface area contributed by atoms with Crippen LogP contribution in [0.15, 0.2) is 0 Å². The van der Waals surface area contributed by atoms with Gasteiger partial charge in [0.1, 0.15) is 6.04 Å². The fourth-order valence-corrected chi connectivity index (χ4v) is 2.82. The Morgan fingerprint density at radius 2 is 2.00 bits per heavy atom. The molecule has 0 aromatic carbocycles. The largest absolute Gasteiger partial charge is 0.480 e. The lowest BCUT2D eigenvalue weighted by molar-refractivity contribution is -0.142. The quantitative estimate of drug-likeness (QED) is 0.467. The molecule has 0 aromatic rings. The standard InChI is InChI=1S/C10H20NO5P/c12-10(13)9-5-4-7-11(9)6-2-1-3-8-17(14,15)16/h9H,1-8H2,(H,12,13)(H2,14,15,16)/t9-/m0/s1. The van der Waals surface area contributed by atoms with Crippen molar-refractivity contribution in [2.75, 3.05) is 19.3 Å². The second-order valence-electron chi connectivity index (χ2n) is 4.48. The third kappa shape index (κ3) is 5.64. The van der Waals surface area contributed by atoms with E-state index in [0.29, 0.717) is 19.4 Å². The highest BCUT2D eigenvalue weighted by atomic mass is 31.2. The second kappa shape index (κ2) is 6.50. The molecule has 0 spiro atoms. The summed E-state index contributed by atoms with van der Waals surface area (Å²) in [6, 6.07) is -0.364. The molecule has 1 heterocycles. The van der Waals surface area contributed by atoms with Gasteiger partial charge in [-0.1, -0.05) is 6.42 Å². The smallest absolute Gasteiger partial charge is 0.325 e. The van der Waals surface area contributed by atoms with Gasteiger partial charge in [0.05, 0.1) is 0 Å². The second-order valence-corrected chi connectivity index (χ2v) is 6.26. The number of carboxylic acid groups (broad SMARTS) is 1. The Bertz CT molecular complexity index is 303. The summed E-state index contributed by atoms with van der Waals surface area (Å²) in [6.07, 6.45) is 3.57. The molecule has 3 N–H and O–H groups in total. The predicted octanol–water partition coefficient (Wildman–Crippen LogP) is 0.883. The number of hydrogen-bond donors (Lipinski definition) is 3. The number of likely N-dealkylation sites (tertiary alicyclic amines) is 1. The molecule has 0 saturated carbocycles. The van der Waals surface area contributed by atoms with Crippen molar-refractivity contribution in [2.24, 2.45) is 0 Å². The lowest BCUT2D eigenvalue weighted by Crippen LogP contribution is -2.36. The number of nitrogens with zero attached hydrogens (tertiary/aromatic N) is 1. The molecule has 0 unspecified atom stereocenters. The Balaban J connectivity index is 2.14. The first-order valence-electron chi connectivity index (χ1n) is 5.91. The van der Waals surface area contributed by atoms with Crippen molar-refractivity contribution in [2.45, 2.75) is 38.1 Å². The number of unbranched alkanes of at least 4 members (excludes halogenated alkanes) is 2. The highest BCUT2D eigenvalue weighted by Crippen LogP contribution is 2.35. The van der Waals surface area contributed by atoms with E-state index in [1.807, 2.05) is 4.90 Å². The van der Waals surface area contributed by atoms with Crippen molar-refractivity contribution in [1.29, 1.82) is 0 Å². The molecule has 100 valence electrons. The van der Waals surface area contributed by atoms with Crippen LogP contribution in [0.2, 0.25) is 0 Å². The van der Waals surface area contributed by atoms with E-state index in [1.165, 1.54) is 0 Å². The summed E-state index contributed by atoms with van der Waals surface area (Å²) in [6.45, 7) is 1.52. The summed E-state index contributed by atoms with van der Waals surface area (Å²) in [5.74, 6) is -0.766. The fraction of sp³-hybridized carbons (Fsp3) is 0.900. The average molecular weight is 265 g/mol. The van der Waals surface area contributed by atoms with Crippen LogP contribution in [-0.4, -0.2) is 51.1 Å². The van der Waals surface area contributed by atoms with Gasteiger partial charge in [0.25, 0.3) is 0 Å². The summed E-state index contributed by atoms with van der Waals surface area (Å²) in [7, 11) is -3.87. The van der Waals surface area contributed by atoms with Gasteiger partial charge >= 0.3 is 13.6 Å². The molecule has 1 fully saturated rings. The van der Waals surface area contributed by atoms with Gasteiger partial charge in [-0.2, -0.15) is 0 Å². The molecule has 17 heavy (non-hydrogen) atoms. The molecule has 0 aromatic heterocycles. The zero-order valence-corrected chi connectivity index (χ0v) is 10.7. The maximum atomic E-state index is 10.9. The van der Waals surface area contributed by atoms with Crippen molar-refractivity contribution in [3.8, 4) is 0 Å². The van der Waals surface area contributed by atoms with Crippen molar-refractivity contribution in [1.82, 2.24) is 4.90 Å². The summed E-state index contributed by atoms with van der Waals surface area (Å²) >= 11 is 0. The van der Waals surface area contributed by atoms with Crippen LogP contribution in [-0.2, 0) is 9.36 Å². The highest BCUT2D eigenvalue weighted by molar-refractivity contribution is 7.51. The molecular formula is C10H20NO5P. The van der Waals surface area contributed by atoms with Crippen LogP contribution in [0.5, 0.6) is 0 Å². The SMILES string of the molecule is O=C(O)[C@@H]1CCCN1CCCCCP(=O)(O)O. The van der Waals surface area contributed by atoms with Crippen molar-refractivity contribution in [3.05, 3.63) is 0 Å². The molecule has 6 nitrogen and oxygen atoms in total. The molecule has 0 radical (unpaired) electrons. The summed E-state index contributed by atoms with van der Waals surface area (Å²) in [4.78, 5) is 30.2. The molecule has 1 atom stereocenters. The predicted molar refractivity (Wildman–Crippen MR) is 63.0 cm³/mol. The average Bonchev–Trinajstić information content (AvgIpc) is 2.63. The fourth-order valence-electron chi connectivity index (χ4n) is 2.18. The number of rotatable bonds is 7. The lowest BCUT2D eigenvalue weighted by atomic mass is 10.2. The Morgan fingerprint density at radius 1 is 1.29 bits per heavy atom. The Morgan fingerprint density at radius 3 is 2.59 bits per heavy atom. The first kappa shape index (κ1) is 14.6. The molecular weight excluding hydrogens is 245 g/mol. The lowest BCUT2D eigenvalue weighted by Gasteiger charge is -2.20. The normalized spacial score (nSPS) is 21.9. The highest BCUT2D eigenvalue weighted by Gasteiger charge is 2.29. The maximum absolute atomic E-state index is 10.9. The zero-order valence-electron chi connectivity index (χ0n) is 9.79. The third-order valence-electron chi connectivity index (χ3n) is 3.04. The van der Waals surface area contributed by atoms with Gasteiger partial charge in [-0.05, 0) is 38.8 Å². The molecule has 0 amide bonds. The Labute approximate surface area is 101 Å². The van der Waals surface area contributed by atoms with Gasteiger partial charge in [-0.15, -0.1) is 0 Å². The Hall–Kier alpha value is -0.420. The maximum Gasteiger partial charge on any atom is 0.325 e. The monoisotopic (exact) mass is 265 g/mol. The molecule has 1 rings (SSSR count). The van der Waals surface area contributed by atoms with E-state index in [9.17, 15) is 9.36 Å². The van der Waals surface area contributed by atoms with E-state index in [0.717, 1.165) is 25.8 Å². The summed E-state index contributed by atoms with van der Waals surface area (Å²) in [5, 5.41) is 8.95. The van der Waals surface area contributed by atoms with Crippen molar-refractivity contribution < 1.29 is 24.3 Å². The number of aliphatic carboxylic acids is 1. The van der Waals surface area contributed by atoms with Gasteiger partial charge in [0.15, 0.2) is 0 Å². The van der Waals surface area contributed by atoms with E-state index in [-0.39, 0.29) is 12.2 Å². The van der Waals surface area contributed by atoms with Crippen LogP contribution in [0.3, 0.4) is 0 Å². The van der Waals surface area contributed by atoms with Gasteiger partial charge in [-0.3, -0.25) is 14.3 Å².